The number of thiophene rings is 1. The smallest absolute Gasteiger partial charge is 0.0554 e. The quantitative estimate of drug-likeness (QED) is 0.149. The number of hydrogen-bond acceptors (Lipinski definition) is 3. The molecule has 1 aromatic heterocycles. The van der Waals surface area contributed by atoms with Crippen molar-refractivity contribution >= 4 is 65.6 Å². The zero-order valence-corrected chi connectivity index (χ0v) is 30.2. The minimum absolute atomic E-state index is 0.689. The molecule has 0 N–H and O–H groups in total. The standard InChI is InChI=1S/C49H42N2S/c1-4-13-38(14-5-1)39-27-33-44(34-28-39)51(46-20-12-22-48-49(46)45-19-10-11-21-47(45)52-48)43-31-25-37(26-32-43)35-36-23-29-42(30-24-36)50(40-15-6-2-7-16-40)41-17-8-3-9-18-41/h2-3,6-12,15-34,38H,1,4-5,13-14,35H2. The van der Waals surface area contributed by atoms with Crippen molar-refractivity contribution in [2.45, 2.75) is 44.4 Å². The maximum absolute atomic E-state index is 2.46. The van der Waals surface area contributed by atoms with Gasteiger partial charge in [0.1, 0.15) is 0 Å². The molecule has 254 valence electrons. The van der Waals surface area contributed by atoms with Crippen LogP contribution in [0.15, 0.2) is 176 Å². The Morgan fingerprint density at radius 2 is 0.923 bits per heavy atom. The van der Waals surface area contributed by atoms with Gasteiger partial charge in [0.05, 0.1) is 5.69 Å². The topological polar surface area (TPSA) is 6.48 Å². The van der Waals surface area contributed by atoms with Gasteiger partial charge in [-0.3, -0.25) is 0 Å². The second-order valence-electron chi connectivity index (χ2n) is 14.0. The summed E-state index contributed by atoms with van der Waals surface area (Å²) in [4.78, 5) is 4.78. The molecule has 52 heavy (non-hydrogen) atoms. The van der Waals surface area contributed by atoms with E-state index in [9.17, 15) is 0 Å². The van der Waals surface area contributed by atoms with E-state index in [0.717, 1.165) is 23.5 Å². The summed E-state index contributed by atoms with van der Waals surface area (Å²) in [7, 11) is 0. The Bertz CT molecular complexity index is 2350. The van der Waals surface area contributed by atoms with Crippen LogP contribution >= 0.6 is 11.3 Å². The zero-order chi connectivity index (χ0) is 34.7. The van der Waals surface area contributed by atoms with Crippen LogP contribution in [0.25, 0.3) is 20.2 Å². The highest BCUT2D eigenvalue weighted by Crippen LogP contribution is 2.45. The Labute approximate surface area is 311 Å². The second kappa shape index (κ2) is 14.5. The Hall–Kier alpha value is -5.64. The van der Waals surface area contributed by atoms with Gasteiger partial charge in [0, 0.05) is 48.6 Å². The molecule has 0 bridgehead atoms. The van der Waals surface area contributed by atoms with Crippen molar-refractivity contribution in [3.63, 3.8) is 0 Å². The maximum Gasteiger partial charge on any atom is 0.0554 e. The molecular formula is C49H42N2S. The molecular weight excluding hydrogens is 649 g/mol. The average Bonchev–Trinajstić information content (AvgIpc) is 3.60. The summed E-state index contributed by atoms with van der Waals surface area (Å²) in [6.07, 6.45) is 7.57. The lowest BCUT2D eigenvalue weighted by Gasteiger charge is -2.28. The third-order valence-electron chi connectivity index (χ3n) is 10.7. The number of anilines is 6. The van der Waals surface area contributed by atoms with Crippen LogP contribution in [-0.2, 0) is 6.42 Å². The van der Waals surface area contributed by atoms with Crippen LogP contribution < -0.4 is 9.80 Å². The lowest BCUT2D eigenvalue weighted by molar-refractivity contribution is 0.443. The normalized spacial score (nSPS) is 13.4. The number of benzene rings is 7. The maximum atomic E-state index is 2.46. The van der Waals surface area contributed by atoms with Crippen LogP contribution in [0.2, 0.25) is 0 Å². The van der Waals surface area contributed by atoms with Crippen molar-refractivity contribution in [3.8, 4) is 0 Å². The summed E-state index contributed by atoms with van der Waals surface area (Å²) >= 11 is 1.88. The molecule has 0 amide bonds. The molecule has 3 heteroatoms. The second-order valence-corrected chi connectivity index (χ2v) is 15.1. The van der Waals surface area contributed by atoms with Crippen LogP contribution in [0.5, 0.6) is 0 Å². The van der Waals surface area contributed by atoms with Gasteiger partial charge in [-0.1, -0.05) is 116 Å². The Balaban J connectivity index is 1.03. The number of nitrogens with zero attached hydrogens (tertiary/aromatic N) is 2. The number of fused-ring (bicyclic) bond motifs is 3. The molecule has 9 rings (SSSR count). The van der Waals surface area contributed by atoms with E-state index < -0.39 is 0 Å². The fraction of sp³-hybridized carbons (Fsp3) is 0.143. The van der Waals surface area contributed by atoms with Gasteiger partial charge in [-0.2, -0.15) is 0 Å². The number of hydrogen-bond donors (Lipinski definition) is 0. The average molecular weight is 691 g/mol. The molecule has 0 unspecified atom stereocenters. The summed E-state index contributed by atoms with van der Waals surface area (Å²) < 4.78 is 2.65. The first-order chi connectivity index (χ1) is 25.8. The molecule has 1 aliphatic rings. The van der Waals surface area contributed by atoms with Gasteiger partial charge < -0.3 is 9.80 Å². The fourth-order valence-electron chi connectivity index (χ4n) is 8.06. The van der Waals surface area contributed by atoms with E-state index in [4.69, 9.17) is 0 Å². The third kappa shape index (κ3) is 6.49. The van der Waals surface area contributed by atoms with Crippen LogP contribution in [0.1, 0.15) is 54.7 Å². The van der Waals surface area contributed by atoms with Crippen molar-refractivity contribution < 1.29 is 0 Å². The zero-order valence-electron chi connectivity index (χ0n) is 29.4. The van der Waals surface area contributed by atoms with E-state index in [1.165, 1.54) is 86.0 Å². The summed E-state index contributed by atoms with van der Waals surface area (Å²) in [5, 5.41) is 2.64. The highest BCUT2D eigenvalue weighted by Gasteiger charge is 2.20. The van der Waals surface area contributed by atoms with Crippen molar-refractivity contribution in [2.75, 3.05) is 9.80 Å². The van der Waals surface area contributed by atoms with Gasteiger partial charge in [-0.05, 0) is 121 Å². The van der Waals surface area contributed by atoms with E-state index >= 15 is 0 Å². The van der Waals surface area contributed by atoms with Crippen molar-refractivity contribution in [1.29, 1.82) is 0 Å². The molecule has 0 radical (unpaired) electrons. The molecule has 1 saturated carbocycles. The Kier molecular flexibility index (Phi) is 9.02. The first-order valence-electron chi connectivity index (χ1n) is 18.7. The first-order valence-corrected chi connectivity index (χ1v) is 19.5. The molecule has 1 heterocycles. The van der Waals surface area contributed by atoms with Crippen LogP contribution in [-0.4, -0.2) is 0 Å². The predicted octanol–water partition coefficient (Wildman–Crippen LogP) is 14.6. The van der Waals surface area contributed by atoms with Crippen molar-refractivity contribution in [1.82, 2.24) is 0 Å². The summed E-state index contributed by atoms with van der Waals surface area (Å²) in [5.74, 6) is 0.689. The van der Waals surface area contributed by atoms with Crippen LogP contribution in [0, 0.1) is 0 Å². The largest absolute Gasteiger partial charge is 0.311 e. The molecule has 0 spiro atoms. The minimum atomic E-state index is 0.689. The van der Waals surface area contributed by atoms with E-state index in [-0.39, 0.29) is 0 Å². The van der Waals surface area contributed by atoms with E-state index in [1.807, 2.05) is 11.3 Å². The Morgan fingerprint density at radius 3 is 1.54 bits per heavy atom. The highest BCUT2D eigenvalue weighted by molar-refractivity contribution is 7.26. The number of rotatable bonds is 9. The third-order valence-corrected chi connectivity index (χ3v) is 11.8. The molecule has 0 atom stereocenters. The first kappa shape index (κ1) is 32.3. The Morgan fingerprint density at radius 1 is 0.423 bits per heavy atom. The van der Waals surface area contributed by atoms with Crippen LogP contribution in [0.4, 0.5) is 34.1 Å². The molecule has 1 aliphatic carbocycles. The number of para-hydroxylation sites is 2. The van der Waals surface area contributed by atoms with Gasteiger partial charge in [-0.25, -0.2) is 0 Å². The summed E-state index contributed by atoms with van der Waals surface area (Å²) in [5.41, 5.74) is 11.1. The summed E-state index contributed by atoms with van der Waals surface area (Å²) in [6.45, 7) is 0. The van der Waals surface area contributed by atoms with E-state index in [0.29, 0.717) is 5.92 Å². The molecule has 0 saturated heterocycles. The van der Waals surface area contributed by atoms with Gasteiger partial charge in [0.15, 0.2) is 0 Å². The van der Waals surface area contributed by atoms with Gasteiger partial charge >= 0.3 is 0 Å². The van der Waals surface area contributed by atoms with Crippen molar-refractivity contribution in [2.24, 2.45) is 0 Å². The predicted molar refractivity (Wildman–Crippen MR) is 224 cm³/mol. The van der Waals surface area contributed by atoms with Gasteiger partial charge in [-0.15, -0.1) is 11.3 Å². The van der Waals surface area contributed by atoms with E-state index in [2.05, 4.69) is 186 Å². The molecule has 2 nitrogen and oxygen atoms in total. The fourth-order valence-corrected chi connectivity index (χ4v) is 9.19. The SMILES string of the molecule is c1ccc(N(c2ccccc2)c2ccc(Cc3ccc(N(c4ccc(C5CCCCC5)cc4)c4cccc5sc6ccccc6c45)cc3)cc2)cc1. The van der Waals surface area contributed by atoms with Crippen molar-refractivity contribution in [3.05, 3.63) is 193 Å². The molecule has 7 aromatic carbocycles. The lowest BCUT2D eigenvalue weighted by Crippen LogP contribution is -2.11. The van der Waals surface area contributed by atoms with Gasteiger partial charge in [0.2, 0.25) is 0 Å². The lowest BCUT2D eigenvalue weighted by atomic mass is 9.84. The minimum Gasteiger partial charge on any atom is -0.311 e. The van der Waals surface area contributed by atoms with Gasteiger partial charge in [0.25, 0.3) is 0 Å². The molecule has 8 aromatic rings. The van der Waals surface area contributed by atoms with E-state index in [1.54, 1.807) is 0 Å². The van der Waals surface area contributed by atoms with Crippen LogP contribution in [0.3, 0.4) is 0 Å². The monoisotopic (exact) mass is 690 g/mol. The molecule has 0 aliphatic heterocycles. The summed E-state index contributed by atoms with van der Waals surface area (Å²) in [6, 6.07) is 64.5. The highest BCUT2D eigenvalue weighted by atomic mass is 32.1. The molecule has 1 fully saturated rings.